The first-order valence-electron chi connectivity index (χ1n) is 9.61. The van der Waals surface area contributed by atoms with Crippen LogP contribution in [0.1, 0.15) is 45.4 Å². The van der Waals surface area contributed by atoms with Crippen LogP contribution < -0.4 is 10.1 Å². The standard InChI is InChI=1S/C20H26N2O4/c1-13(20-9-14-6-15(10-20)8-16(7-14)11-20)21-19(23)12-26-18-5-3-2-4-17(18)22(24)25/h2-5,13-16H,6-12H2,1H3,(H,21,23)/t13-,14?,15?,16?,20?/m1/s1. The number of carbonyl (C=O) groups is 1. The molecule has 4 fully saturated rings. The van der Waals surface area contributed by atoms with Crippen molar-refractivity contribution in [2.24, 2.45) is 23.2 Å². The van der Waals surface area contributed by atoms with E-state index in [1.54, 1.807) is 12.1 Å². The number of para-hydroxylation sites is 2. The van der Waals surface area contributed by atoms with Crippen LogP contribution in [0.25, 0.3) is 0 Å². The molecule has 1 atom stereocenters. The van der Waals surface area contributed by atoms with Crippen LogP contribution in [0.5, 0.6) is 5.75 Å². The van der Waals surface area contributed by atoms with Crippen molar-refractivity contribution in [1.29, 1.82) is 0 Å². The Morgan fingerprint density at radius 3 is 2.38 bits per heavy atom. The average Bonchev–Trinajstić information content (AvgIpc) is 2.59. The molecule has 0 saturated heterocycles. The zero-order valence-electron chi connectivity index (χ0n) is 15.1. The Bertz CT molecular complexity index is 682. The Morgan fingerprint density at radius 1 is 1.23 bits per heavy atom. The van der Waals surface area contributed by atoms with Crippen LogP contribution in [-0.4, -0.2) is 23.5 Å². The number of ether oxygens (including phenoxy) is 1. The first-order valence-corrected chi connectivity index (χ1v) is 9.61. The van der Waals surface area contributed by atoms with E-state index >= 15 is 0 Å². The van der Waals surface area contributed by atoms with E-state index in [0.29, 0.717) is 0 Å². The summed E-state index contributed by atoms with van der Waals surface area (Å²) < 4.78 is 5.43. The summed E-state index contributed by atoms with van der Waals surface area (Å²) in [7, 11) is 0. The third-order valence-corrected chi connectivity index (χ3v) is 6.80. The van der Waals surface area contributed by atoms with E-state index in [4.69, 9.17) is 4.74 Å². The number of nitro benzene ring substituents is 1. The number of hydrogen-bond acceptors (Lipinski definition) is 4. The zero-order chi connectivity index (χ0) is 18.3. The predicted octanol–water partition coefficient (Wildman–Crippen LogP) is 3.69. The maximum Gasteiger partial charge on any atom is 0.310 e. The normalized spacial score (nSPS) is 32.9. The first-order chi connectivity index (χ1) is 12.4. The lowest BCUT2D eigenvalue weighted by atomic mass is 9.48. The van der Waals surface area contributed by atoms with Gasteiger partial charge in [-0.3, -0.25) is 14.9 Å². The Hall–Kier alpha value is -2.11. The lowest BCUT2D eigenvalue weighted by Crippen LogP contribution is -2.56. The molecular formula is C20H26N2O4. The number of hydrogen-bond donors (Lipinski definition) is 1. The molecule has 0 radical (unpaired) electrons. The highest BCUT2D eigenvalue weighted by Crippen LogP contribution is 2.61. The molecule has 140 valence electrons. The molecule has 26 heavy (non-hydrogen) atoms. The molecule has 4 bridgehead atoms. The number of rotatable bonds is 6. The van der Waals surface area contributed by atoms with Crippen LogP contribution in [0.4, 0.5) is 5.69 Å². The minimum atomic E-state index is -0.495. The van der Waals surface area contributed by atoms with Gasteiger partial charge < -0.3 is 10.1 Å². The van der Waals surface area contributed by atoms with E-state index in [0.717, 1.165) is 17.8 Å². The lowest BCUT2D eigenvalue weighted by Gasteiger charge is -2.59. The van der Waals surface area contributed by atoms with E-state index in [2.05, 4.69) is 12.2 Å². The van der Waals surface area contributed by atoms with Crippen molar-refractivity contribution in [3.8, 4) is 5.75 Å². The molecule has 0 aliphatic heterocycles. The third kappa shape index (κ3) is 3.17. The number of carbonyl (C=O) groups excluding carboxylic acids is 1. The molecule has 0 unspecified atom stereocenters. The van der Waals surface area contributed by atoms with Crippen LogP contribution >= 0.6 is 0 Å². The number of nitrogens with one attached hydrogen (secondary N) is 1. The maximum absolute atomic E-state index is 12.4. The van der Waals surface area contributed by atoms with Crippen LogP contribution in [0, 0.1) is 33.3 Å². The second-order valence-corrected chi connectivity index (χ2v) is 8.58. The van der Waals surface area contributed by atoms with Crippen molar-refractivity contribution >= 4 is 11.6 Å². The Kier molecular flexibility index (Phi) is 4.37. The Balaban J connectivity index is 1.36. The molecule has 6 heteroatoms. The monoisotopic (exact) mass is 358 g/mol. The van der Waals surface area contributed by atoms with Crippen molar-refractivity contribution in [3.63, 3.8) is 0 Å². The van der Waals surface area contributed by atoms with Gasteiger partial charge in [0.15, 0.2) is 12.4 Å². The Morgan fingerprint density at radius 2 is 1.81 bits per heavy atom. The summed E-state index contributed by atoms with van der Waals surface area (Å²) in [5.41, 5.74) is 0.123. The summed E-state index contributed by atoms with van der Waals surface area (Å²) >= 11 is 0. The SMILES string of the molecule is C[C@@H](NC(=O)COc1ccccc1[N+](=O)[O-])C12CC3CC(CC(C3)C1)C2. The minimum absolute atomic E-state index is 0.116. The van der Waals surface area contributed by atoms with E-state index in [1.165, 1.54) is 50.7 Å². The van der Waals surface area contributed by atoms with Gasteiger partial charge in [-0.05, 0) is 74.7 Å². The summed E-state index contributed by atoms with van der Waals surface area (Å²) in [4.78, 5) is 22.9. The maximum atomic E-state index is 12.4. The van der Waals surface area contributed by atoms with Gasteiger partial charge in [-0.1, -0.05) is 12.1 Å². The average molecular weight is 358 g/mol. The molecule has 1 N–H and O–H groups in total. The van der Waals surface area contributed by atoms with Gasteiger partial charge in [-0.15, -0.1) is 0 Å². The van der Waals surface area contributed by atoms with Crippen LogP contribution in [-0.2, 0) is 4.79 Å². The van der Waals surface area contributed by atoms with Gasteiger partial charge >= 0.3 is 5.69 Å². The smallest absolute Gasteiger partial charge is 0.310 e. The molecule has 0 heterocycles. The molecule has 1 amide bonds. The zero-order valence-corrected chi connectivity index (χ0v) is 15.1. The van der Waals surface area contributed by atoms with Gasteiger partial charge in [0, 0.05) is 12.1 Å². The minimum Gasteiger partial charge on any atom is -0.477 e. The second kappa shape index (κ2) is 6.56. The number of amides is 1. The van der Waals surface area contributed by atoms with Gasteiger partial charge in [0.1, 0.15) is 0 Å². The summed E-state index contributed by atoms with van der Waals surface area (Å²) in [6.07, 6.45) is 7.81. The highest BCUT2D eigenvalue weighted by Gasteiger charge is 2.53. The fourth-order valence-corrected chi connectivity index (χ4v) is 6.02. The van der Waals surface area contributed by atoms with Crippen LogP contribution in [0.15, 0.2) is 24.3 Å². The first kappa shape index (κ1) is 17.3. The van der Waals surface area contributed by atoms with E-state index in [-0.39, 0.29) is 35.4 Å². The molecule has 0 aromatic heterocycles. The molecule has 4 saturated carbocycles. The molecule has 4 aliphatic carbocycles. The predicted molar refractivity (Wildman–Crippen MR) is 96.8 cm³/mol. The van der Waals surface area contributed by atoms with Crippen molar-refractivity contribution in [3.05, 3.63) is 34.4 Å². The van der Waals surface area contributed by atoms with Gasteiger partial charge in [0.25, 0.3) is 5.91 Å². The van der Waals surface area contributed by atoms with Crippen LogP contribution in [0.3, 0.4) is 0 Å². The second-order valence-electron chi connectivity index (χ2n) is 8.58. The summed E-state index contributed by atoms with van der Waals surface area (Å²) in [6.45, 7) is 1.93. The lowest BCUT2D eigenvalue weighted by molar-refractivity contribution is -0.385. The highest BCUT2D eigenvalue weighted by atomic mass is 16.6. The molecule has 4 aliphatic rings. The van der Waals surface area contributed by atoms with Gasteiger partial charge in [-0.2, -0.15) is 0 Å². The van der Waals surface area contributed by atoms with Crippen molar-refractivity contribution in [1.82, 2.24) is 5.32 Å². The molecule has 6 nitrogen and oxygen atoms in total. The largest absolute Gasteiger partial charge is 0.477 e. The number of nitrogens with zero attached hydrogens (tertiary/aromatic N) is 1. The molecule has 5 rings (SSSR count). The fraction of sp³-hybridized carbons (Fsp3) is 0.650. The van der Waals surface area contributed by atoms with Crippen molar-refractivity contribution in [2.75, 3.05) is 6.61 Å². The quantitative estimate of drug-likeness (QED) is 0.621. The fourth-order valence-electron chi connectivity index (χ4n) is 6.02. The summed E-state index contributed by atoms with van der Waals surface area (Å²) in [5.74, 6) is 2.44. The Labute approximate surface area is 153 Å². The topological polar surface area (TPSA) is 81.5 Å². The molecular weight excluding hydrogens is 332 g/mol. The van der Waals surface area contributed by atoms with Crippen LogP contribution in [0.2, 0.25) is 0 Å². The van der Waals surface area contributed by atoms with Gasteiger partial charge in [-0.25, -0.2) is 0 Å². The third-order valence-electron chi connectivity index (χ3n) is 6.80. The van der Waals surface area contributed by atoms with Crippen molar-refractivity contribution in [2.45, 2.75) is 51.5 Å². The molecule has 1 aromatic rings. The highest BCUT2D eigenvalue weighted by molar-refractivity contribution is 5.78. The van der Waals surface area contributed by atoms with E-state index < -0.39 is 4.92 Å². The molecule has 1 aromatic carbocycles. The number of nitro groups is 1. The summed E-state index contributed by atoms with van der Waals surface area (Å²) in [5, 5.41) is 14.2. The summed E-state index contributed by atoms with van der Waals surface area (Å²) in [6, 6.07) is 6.27. The van der Waals surface area contributed by atoms with Gasteiger partial charge in [0.2, 0.25) is 0 Å². The molecule has 0 spiro atoms. The van der Waals surface area contributed by atoms with Gasteiger partial charge in [0.05, 0.1) is 4.92 Å². The van der Waals surface area contributed by atoms with E-state index in [9.17, 15) is 14.9 Å². The number of benzene rings is 1. The van der Waals surface area contributed by atoms with E-state index in [1.807, 2.05) is 0 Å². The van der Waals surface area contributed by atoms with Crippen molar-refractivity contribution < 1.29 is 14.5 Å².